The van der Waals surface area contributed by atoms with Crippen molar-refractivity contribution in [2.24, 2.45) is 11.7 Å². The average Bonchev–Trinajstić information content (AvgIpc) is 3.17. The first-order chi connectivity index (χ1) is 10.2. The van der Waals surface area contributed by atoms with Crippen LogP contribution in [0.4, 0.5) is 0 Å². The summed E-state index contributed by atoms with van der Waals surface area (Å²) in [5.41, 5.74) is 5.70. The van der Waals surface area contributed by atoms with Gasteiger partial charge in [0.1, 0.15) is 11.5 Å². The average molecular weight is 290 g/mol. The van der Waals surface area contributed by atoms with Crippen molar-refractivity contribution in [3.05, 3.63) is 48.3 Å². The van der Waals surface area contributed by atoms with Gasteiger partial charge in [-0.05, 0) is 36.7 Å². The van der Waals surface area contributed by atoms with Crippen molar-refractivity contribution in [1.82, 2.24) is 4.90 Å². The molecule has 2 aromatic rings. The van der Waals surface area contributed by atoms with E-state index in [0.29, 0.717) is 26.1 Å². The number of carbonyl (C=O) groups excluding carboxylic acids is 1. The summed E-state index contributed by atoms with van der Waals surface area (Å²) in [6.45, 7) is 3.45. The Balaban J connectivity index is 2.05. The van der Waals surface area contributed by atoms with Gasteiger partial charge in [-0.1, -0.05) is 13.3 Å². The van der Waals surface area contributed by atoms with Crippen molar-refractivity contribution < 1.29 is 13.6 Å². The van der Waals surface area contributed by atoms with Gasteiger partial charge >= 0.3 is 0 Å². The van der Waals surface area contributed by atoms with Crippen LogP contribution in [0, 0.1) is 5.92 Å². The van der Waals surface area contributed by atoms with Gasteiger partial charge in [-0.3, -0.25) is 4.79 Å². The topological polar surface area (TPSA) is 72.6 Å². The van der Waals surface area contributed by atoms with Crippen LogP contribution in [0.1, 0.15) is 31.3 Å². The third-order valence-corrected chi connectivity index (χ3v) is 3.58. The highest BCUT2D eigenvalue weighted by Gasteiger charge is 2.20. The Morgan fingerprint density at radius 1 is 1.19 bits per heavy atom. The van der Waals surface area contributed by atoms with E-state index in [2.05, 4.69) is 0 Å². The summed E-state index contributed by atoms with van der Waals surface area (Å²) in [5, 5.41) is 0. The second kappa shape index (κ2) is 7.69. The van der Waals surface area contributed by atoms with E-state index in [0.717, 1.165) is 17.9 Å². The number of furan rings is 2. The Labute approximate surface area is 124 Å². The van der Waals surface area contributed by atoms with Gasteiger partial charge in [0.25, 0.3) is 0 Å². The van der Waals surface area contributed by atoms with Crippen molar-refractivity contribution in [3.63, 3.8) is 0 Å². The van der Waals surface area contributed by atoms with Crippen LogP contribution < -0.4 is 5.73 Å². The van der Waals surface area contributed by atoms with Crippen LogP contribution in [0.2, 0.25) is 0 Å². The molecule has 2 rings (SSSR count). The van der Waals surface area contributed by atoms with Gasteiger partial charge in [-0.25, -0.2) is 0 Å². The molecule has 1 unspecified atom stereocenters. The predicted molar refractivity (Wildman–Crippen MR) is 79.1 cm³/mol. The zero-order valence-electron chi connectivity index (χ0n) is 12.3. The molecule has 2 heterocycles. The number of hydrogen-bond donors (Lipinski definition) is 1. The highest BCUT2D eigenvalue weighted by Crippen LogP contribution is 2.15. The van der Waals surface area contributed by atoms with Crippen LogP contribution in [-0.2, 0) is 17.9 Å². The van der Waals surface area contributed by atoms with Crippen molar-refractivity contribution in [1.29, 1.82) is 0 Å². The maximum Gasteiger partial charge on any atom is 0.223 e. The first-order valence-corrected chi connectivity index (χ1v) is 7.25. The van der Waals surface area contributed by atoms with Gasteiger partial charge in [0.15, 0.2) is 0 Å². The van der Waals surface area contributed by atoms with Crippen LogP contribution in [0.5, 0.6) is 0 Å². The summed E-state index contributed by atoms with van der Waals surface area (Å²) >= 11 is 0. The SMILES string of the molecule is CCC(CN)CC(=O)N(Cc1ccco1)Cc1ccco1. The monoisotopic (exact) mass is 290 g/mol. The molecule has 2 aromatic heterocycles. The second-order valence-corrected chi connectivity index (χ2v) is 5.12. The summed E-state index contributed by atoms with van der Waals surface area (Å²) in [5.74, 6) is 1.81. The number of nitrogens with two attached hydrogens (primary N) is 1. The Bertz CT molecular complexity index is 479. The normalized spacial score (nSPS) is 12.3. The summed E-state index contributed by atoms with van der Waals surface area (Å²) < 4.78 is 10.7. The summed E-state index contributed by atoms with van der Waals surface area (Å²) in [6.07, 6.45) is 4.57. The van der Waals surface area contributed by atoms with Gasteiger partial charge in [0.2, 0.25) is 5.91 Å². The second-order valence-electron chi connectivity index (χ2n) is 5.12. The molecule has 0 radical (unpaired) electrons. The molecule has 0 aliphatic rings. The van der Waals surface area contributed by atoms with Crippen LogP contribution in [0.15, 0.2) is 45.6 Å². The van der Waals surface area contributed by atoms with Gasteiger partial charge in [-0.15, -0.1) is 0 Å². The number of amides is 1. The number of rotatable bonds is 8. The molecule has 1 atom stereocenters. The fourth-order valence-electron chi connectivity index (χ4n) is 2.18. The van der Waals surface area contributed by atoms with E-state index in [-0.39, 0.29) is 11.8 Å². The molecule has 0 bridgehead atoms. The lowest BCUT2D eigenvalue weighted by molar-refractivity contribution is -0.134. The molecule has 0 aliphatic heterocycles. The number of nitrogens with zero attached hydrogens (tertiary/aromatic N) is 1. The molecule has 2 N–H and O–H groups in total. The quantitative estimate of drug-likeness (QED) is 0.811. The van der Waals surface area contributed by atoms with Crippen molar-refractivity contribution in [3.8, 4) is 0 Å². The Hall–Kier alpha value is -2.01. The van der Waals surface area contributed by atoms with Crippen molar-refractivity contribution in [2.75, 3.05) is 6.54 Å². The fraction of sp³-hybridized carbons (Fsp3) is 0.438. The molecule has 0 spiro atoms. The lowest BCUT2D eigenvalue weighted by Crippen LogP contribution is -2.32. The largest absolute Gasteiger partial charge is 0.467 e. The molecular formula is C16H22N2O3. The van der Waals surface area contributed by atoms with E-state index in [1.54, 1.807) is 17.4 Å². The first kappa shape index (κ1) is 15.4. The standard InChI is InChI=1S/C16H22N2O3/c1-2-13(10-17)9-16(19)18(11-14-5-3-7-20-14)12-15-6-4-8-21-15/h3-8,13H,2,9-12,17H2,1H3. The van der Waals surface area contributed by atoms with E-state index in [9.17, 15) is 4.79 Å². The van der Waals surface area contributed by atoms with Gasteiger partial charge in [-0.2, -0.15) is 0 Å². The van der Waals surface area contributed by atoms with Crippen LogP contribution in [0.25, 0.3) is 0 Å². The summed E-state index contributed by atoms with van der Waals surface area (Å²) in [6, 6.07) is 7.37. The first-order valence-electron chi connectivity index (χ1n) is 7.25. The maximum atomic E-state index is 12.5. The van der Waals surface area contributed by atoms with E-state index in [4.69, 9.17) is 14.6 Å². The predicted octanol–water partition coefficient (Wildman–Crippen LogP) is 2.78. The van der Waals surface area contributed by atoms with E-state index >= 15 is 0 Å². The minimum Gasteiger partial charge on any atom is -0.467 e. The van der Waals surface area contributed by atoms with E-state index in [1.165, 1.54) is 0 Å². The highest BCUT2D eigenvalue weighted by molar-refractivity contribution is 5.76. The molecule has 0 saturated carbocycles. The number of hydrogen-bond acceptors (Lipinski definition) is 4. The maximum absolute atomic E-state index is 12.5. The van der Waals surface area contributed by atoms with Crippen molar-refractivity contribution >= 4 is 5.91 Å². The lowest BCUT2D eigenvalue weighted by Gasteiger charge is -2.23. The Kier molecular flexibility index (Phi) is 5.63. The number of carbonyl (C=O) groups is 1. The van der Waals surface area contributed by atoms with E-state index in [1.807, 2.05) is 31.2 Å². The molecule has 0 aliphatic carbocycles. The summed E-state index contributed by atoms with van der Waals surface area (Å²) in [4.78, 5) is 14.3. The minimum atomic E-state index is 0.0695. The lowest BCUT2D eigenvalue weighted by atomic mass is 10.0. The van der Waals surface area contributed by atoms with Crippen LogP contribution in [0.3, 0.4) is 0 Å². The third-order valence-electron chi connectivity index (χ3n) is 3.58. The van der Waals surface area contributed by atoms with Gasteiger partial charge in [0, 0.05) is 6.42 Å². The van der Waals surface area contributed by atoms with Crippen LogP contribution >= 0.6 is 0 Å². The Morgan fingerprint density at radius 2 is 1.76 bits per heavy atom. The fourth-order valence-corrected chi connectivity index (χ4v) is 2.18. The smallest absolute Gasteiger partial charge is 0.223 e. The summed E-state index contributed by atoms with van der Waals surface area (Å²) in [7, 11) is 0. The van der Waals surface area contributed by atoms with E-state index < -0.39 is 0 Å². The van der Waals surface area contributed by atoms with Gasteiger partial charge < -0.3 is 19.5 Å². The highest BCUT2D eigenvalue weighted by atomic mass is 16.3. The zero-order valence-corrected chi connectivity index (χ0v) is 12.3. The molecule has 0 fully saturated rings. The molecule has 5 heteroatoms. The molecule has 114 valence electrons. The Morgan fingerprint density at radius 3 is 2.14 bits per heavy atom. The van der Waals surface area contributed by atoms with Crippen LogP contribution in [-0.4, -0.2) is 17.4 Å². The molecule has 0 saturated heterocycles. The third kappa shape index (κ3) is 4.49. The molecule has 1 amide bonds. The van der Waals surface area contributed by atoms with Crippen molar-refractivity contribution in [2.45, 2.75) is 32.9 Å². The molecule has 5 nitrogen and oxygen atoms in total. The molecule has 21 heavy (non-hydrogen) atoms. The van der Waals surface area contributed by atoms with Gasteiger partial charge in [0.05, 0.1) is 25.6 Å². The zero-order chi connectivity index (χ0) is 15.1. The molecule has 0 aromatic carbocycles. The molecular weight excluding hydrogens is 268 g/mol. The minimum absolute atomic E-state index is 0.0695.